The Labute approximate surface area is 160 Å². The molecule has 0 unspecified atom stereocenters. The Kier molecular flexibility index (Phi) is 6.01. The predicted molar refractivity (Wildman–Crippen MR) is 102 cm³/mol. The van der Waals surface area contributed by atoms with Crippen LogP contribution in [0.25, 0.3) is 0 Å². The topological polar surface area (TPSA) is 90.8 Å². The van der Waals surface area contributed by atoms with Crippen molar-refractivity contribution in [1.82, 2.24) is 15.0 Å². The van der Waals surface area contributed by atoms with E-state index >= 15 is 0 Å². The highest BCUT2D eigenvalue weighted by Gasteiger charge is 2.10. The molecule has 0 fully saturated rings. The number of halogens is 1. The highest BCUT2D eigenvalue weighted by molar-refractivity contribution is 6.33. The fraction of sp³-hybridized carbons (Fsp3) is 0.111. The maximum absolute atomic E-state index is 6.08. The van der Waals surface area contributed by atoms with Crippen LogP contribution in [-0.2, 0) is 0 Å². The monoisotopic (exact) mass is 385 g/mol. The summed E-state index contributed by atoms with van der Waals surface area (Å²) in [6.45, 7) is 0. The number of ether oxygens (including phenoxy) is 3. The van der Waals surface area contributed by atoms with E-state index in [1.165, 1.54) is 20.4 Å². The van der Waals surface area contributed by atoms with Gasteiger partial charge in [-0.2, -0.15) is 15.1 Å². The van der Waals surface area contributed by atoms with Gasteiger partial charge in [0.25, 0.3) is 0 Å². The maximum atomic E-state index is 6.08. The second kappa shape index (κ2) is 8.81. The molecule has 0 aliphatic carbocycles. The summed E-state index contributed by atoms with van der Waals surface area (Å²) in [5, 5.41) is 4.71. The first-order valence-corrected chi connectivity index (χ1v) is 8.21. The van der Waals surface area contributed by atoms with Crippen LogP contribution in [0.4, 0.5) is 5.69 Å². The Hall–Kier alpha value is -3.39. The minimum absolute atomic E-state index is 0.0629. The molecule has 0 radical (unpaired) electrons. The Bertz CT molecular complexity index is 930. The molecule has 0 aliphatic heterocycles. The number of hydrazone groups is 1. The summed E-state index contributed by atoms with van der Waals surface area (Å²) in [6, 6.07) is 12.3. The molecule has 2 aromatic heterocycles. The van der Waals surface area contributed by atoms with Gasteiger partial charge in [0.05, 0.1) is 37.2 Å². The van der Waals surface area contributed by atoms with E-state index in [4.69, 9.17) is 25.8 Å². The molecule has 1 aromatic carbocycles. The molecule has 1 N–H and O–H groups in total. The number of hydrogen-bond donors (Lipinski definition) is 1. The van der Waals surface area contributed by atoms with E-state index in [-0.39, 0.29) is 6.01 Å². The zero-order valence-electron chi connectivity index (χ0n) is 14.6. The van der Waals surface area contributed by atoms with E-state index in [1.54, 1.807) is 30.5 Å². The first-order valence-electron chi connectivity index (χ1n) is 7.83. The van der Waals surface area contributed by atoms with Gasteiger partial charge in [-0.3, -0.25) is 10.4 Å². The number of nitrogens with one attached hydrogen (secondary N) is 1. The Balaban J connectivity index is 1.80. The van der Waals surface area contributed by atoms with Crippen LogP contribution in [0, 0.1) is 0 Å². The summed E-state index contributed by atoms with van der Waals surface area (Å²) >= 11 is 6.08. The lowest BCUT2D eigenvalue weighted by Gasteiger charge is -2.09. The van der Waals surface area contributed by atoms with Crippen LogP contribution in [0.3, 0.4) is 0 Å². The second-order valence-electron chi connectivity index (χ2n) is 5.07. The minimum Gasteiger partial charge on any atom is -0.481 e. The normalized spacial score (nSPS) is 10.6. The summed E-state index contributed by atoms with van der Waals surface area (Å²) in [5.74, 6) is 1.05. The number of aromatic nitrogens is 3. The van der Waals surface area contributed by atoms with Crippen LogP contribution in [0.1, 0.15) is 5.69 Å². The zero-order valence-corrected chi connectivity index (χ0v) is 15.3. The van der Waals surface area contributed by atoms with Gasteiger partial charge in [-0.25, -0.2) is 0 Å². The second-order valence-corrected chi connectivity index (χ2v) is 5.48. The molecule has 0 bridgehead atoms. The molecule has 0 amide bonds. The number of pyridine rings is 1. The Morgan fingerprint density at radius 2 is 1.78 bits per heavy atom. The van der Waals surface area contributed by atoms with Gasteiger partial charge in [0, 0.05) is 6.20 Å². The maximum Gasteiger partial charge on any atom is 0.328 e. The number of rotatable bonds is 7. The fourth-order valence-corrected chi connectivity index (χ4v) is 2.22. The summed E-state index contributed by atoms with van der Waals surface area (Å²) in [7, 11) is 2.99. The lowest BCUT2D eigenvalue weighted by molar-refractivity contribution is 0.347. The summed E-state index contributed by atoms with van der Waals surface area (Å²) in [6.07, 6.45) is 3.13. The van der Waals surface area contributed by atoms with Gasteiger partial charge in [-0.1, -0.05) is 23.7 Å². The third-order valence-electron chi connectivity index (χ3n) is 3.32. The molecule has 2 heterocycles. The Morgan fingerprint density at radius 1 is 1.04 bits per heavy atom. The molecule has 3 aromatic rings. The third-order valence-corrected chi connectivity index (χ3v) is 3.65. The number of methoxy groups -OCH3 is 2. The molecule has 8 nitrogen and oxygen atoms in total. The largest absolute Gasteiger partial charge is 0.481 e. The molecule has 0 saturated heterocycles. The van der Waals surface area contributed by atoms with Crippen molar-refractivity contribution in [3.63, 3.8) is 0 Å². The van der Waals surface area contributed by atoms with Crippen LogP contribution in [-0.4, -0.2) is 35.4 Å². The van der Waals surface area contributed by atoms with Crippen molar-refractivity contribution in [3.8, 4) is 23.5 Å². The summed E-state index contributed by atoms with van der Waals surface area (Å²) < 4.78 is 16.0. The summed E-state index contributed by atoms with van der Waals surface area (Å²) in [4.78, 5) is 12.5. The van der Waals surface area contributed by atoms with Gasteiger partial charge in [-0.05, 0) is 24.3 Å². The first kappa shape index (κ1) is 18.4. The lowest BCUT2D eigenvalue weighted by Crippen LogP contribution is -2.01. The van der Waals surface area contributed by atoms with Crippen LogP contribution >= 0.6 is 11.6 Å². The number of hydrogen-bond acceptors (Lipinski definition) is 8. The highest BCUT2D eigenvalue weighted by atomic mass is 35.5. The first-order chi connectivity index (χ1) is 13.2. The van der Waals surface area contributed by atoms with E-state index in [9.17, 15) is 0 Å². The van der Waals surface area contributed by atoms with Crippen molar-refractivity contribution in [2.75, 3.05) is 19.6 Å². The van der Waals surface area contributed by atoms with Gasteiger partial charge >= 0.3 is 6.01 Å². The average molecular weight is 386 g/mol. The van der Waals surface area contributed by atoms with E-state index in [0.717, 1.165) is 0 Å². The average Bonchev–Trinajstić information content (AvgIpc) is 2.70. The van der Waals surface area contributed by atoms with Crippen molar-refractivity contribution < 1.29 is 14.2 Å². The molecule has 0 spiro atoms. The van der Waals surface area contributed by atoms with Gasteiger partial charge in [-0.15, -0.1) is 0 Å². The SMILES string of the molecule is COc1cc(OC)nc(Oc2cccnc2C=NNc2ccccc2Cl)n1. The van der Waals surface area contributed by atoms with Crippen LogP contribution < -0.4 is 19.6 Å². The molecule has 27 heavy (non-hydrogen) atoms. The van der Waals surface area contributed by atoms with E-state index < -0.39 is 0 Å². The third kappa shape index (κ3) is 4.83. The number of benzene rings is 1. The molecule has 0 aliphatic rings. The van der Waals surface area contributed by atoms with Crippen LogP contribution in [0.15, 0.2) is 53.8 Å². The van der Waals surface area contributed by atoms with Crippen LogP contribution in [0.5, 0.6) is 23.5 Å². The van der Waals surface area contributed by atoms with E-state index in [1.807, 2.05) is 18.2 Å². The van der Waals surface area contributed by atoms with Crippen molar-refractivity contribution in [3.05, 3.63) is 59.4 Å². The molecular weight excluding hydrogens is 370 g/mol. The van der Waals surface area contributed by atoms with Gasteiger partial charge in [0.1, 0.15) is 5.69 Å². The summed E-state index contributed by atoms with van der Waals surface area (Å²) in [5.41, 5.74) is 4.01. The molecule has 138 valence electrons. The molecule has 3 rings (SSSR count). The fourth-order valence-electron chi connectivity index (χ4n) is 2.04. The molecular formula is C18H16ClN5O3. The number of anilines is 1. The van der Waals surface area contributed by atoms with Gasteiger partial charge in [0.15, 0.2) is 5.75 Å². The van der Waals surface area contributed by atoms with Crippen molar-refractivity contribution >= 4 is 23.5 Å². The van der Waals surface area contributed by atoms with Gasteiger partial charge in [0.2, 0.25) is 11.8 Å². The Morgan fingerprint density at radius 3 is 2.48 bits per heavy atom. The molecule has 9 heteroatoms. The lowest BCUT2D eigenvalue weighted by atomic mass is 10.3. The zero-order chi connectivity index (χ0) is 19.1. The number of nitrogens with zero attached hydrogens (tertiary/aromatic N) is 4. The van der Waals surface area contributed by atoms with Crippen molar-refractivity contribution in [2.45, 2.75) is 0 Å². The minimum atomic E-state index is 0.0629. The number of para-hydroxylation sites is 1. The molecule has 0 saturated carbocycles. The van der Waals surface area contributed by atoms with Crippen molar-refractivity contribution in [1.29, 1.82) is 0 Å². The highest BCUT2D eigenvalue weighted by Crippen LogP contribution is 2.25. The van der Waals surface area contributed by atoms with E-state index in [0.29, 0.717) is 33.9 Å². The van der Waals surface area contributed by atoms with E-state index in [2.05, 4.69) is 25.5 Å². The van der Waals surface area contributed by atoms with Gasteiger partial charge < -0.3 is 14.2 Å². The van der Waals surface area contributed by atoms with Crippen molar-refractivity contribution in [2.24, 2.45) is 5.10 Å². The predicted octanol–water partition coefficient (Wildman–Crippen LogP) is 3.78. The smallest absolute Gasteiger partial charge is 0.328 e. The quantitative estimate of drug-likeness (QED) is 0.488. The standard InChI is InChI=1S/C18H16ClN5O3/c1-25-16-10-17(26-2)23-18(22-16)27-15-8-5-9-20-14(15)11-21-24-13-7-4-3-6-12(13)19/h3-11,24H,1-2H3. The molecule has 0 atom stereocenters. The van der Waals surface area contributed by atoms with Crippen LogP contribution in [0.2, 0.25) is 5.02 Å².